The first kappa shape index (κ1) is 33.2. The van der Waals surface area contributed by atoms with Crippen LogP contribution in [0, 0.1) is 5.82 Å². The lowest BCUT2D eigenvalue weighted by Gasteiger charge is -2.41. The van der Waals surface area contributed by atoms with Gasteiger partial charge in [-0.15, -0.1) is 0 Å². The molecule has 2 saturated heterocycles. The Bertz CT molecular complexity index is 1450. The van der Waals surface area contributed by atoms with E-state index in [-0.39, 0.29) is 36.0 Å². The van der Waals surface area contributed by atoms with Gasteiger partial charge in [-0.3, -0.25) is 4.79 Å². The average molecular weight is 655 g/mol. The maximum atomic E-state index is 15.0. The van der Waals surface area contributed by atoms with Gasteiger partial charge in [0.1, 0.15) is 56.1 Å². The van der Waals surface area contributed by atoms with E-state index in [2.05, 4.69) is 10.5 Å². The quantitative estimate of drug-likeness (QED) is 0.152. The highest BCUT2D eigenvalue weighted by Crippen LogP contribution is 2.31. The fourth-order valence-corrected chi connectivity index (χ4v) is 5.53. The van der Waals surface area contributed by atoms with Crippen LogP contribution in [0.2, 0.25) is 5.02 Å². The lowest BCUT2D eigenvalue weighted by atomic mass is 9.83. The molecule has 1 saturated carbocycles. The van der Waals surface area contributed by atoms with Gasteiger partial charge in [0.2, 0.25) is 12.2 Å². The van der Waals surface area contributed by atoms with Gasteiger partial charge in [-0.25, -0.2) is 8.78 Å². The van der Waals surface area contributed by atoms with Crippen LogP contribution in [0.25, 0.3) is 6.08 Å². The van der Waals surface area contributed by atoms with E-state index < -0.39 is 73.0 Å². The van der Waals surface area contributed by atoms with Crippen LogP contribution in [0.5, 0.6) is 5.75 Å². The molecule has 1 amide bonds. The van der Waals surface area contributed by atoms with E-state index >= 15 is 0 Å². The van der Waals surface area contributed by atoms with Gasteiger partial charge >= 0.3 is 0 Å². The van der Waals surface area contributed by atoms with Crippen LogP contribution in [0.15, 0.2) is 53.2 Å². The average Bonchev–Trinajstić information content (AvgIpc) is 3.61. The fourth-order valence-electron chi connectivity index (χ4n) is 5.32. The second kappa shape index (κ2) is 14.1. The summed E-state index contributed by atoms with van der Waals surface area (Å²) in [5.41, 5.74) is 1.21. The molecule has 2 heterocycles. The molecule has 45 heavy (non-hydrogen) atoms. The number of oxime groups is 1. The van der Waals surface area contributed by atoms with E-state index in [1.165, 1.54) is 32.1 Å². The van der Waals surface area contributed by atoms with Crippen molar-refractivity contribution in [3.05, 3.63) is 70.0 Å². The summed E-state index contributed by atoms with van der Waals surface area (Å²) in [6.45, 7) is 2.81. The number of hydrogen-bond acceptors (Lipinski definition) is 11. The topological polar surface area (TPSA) is 169 Å². The van der Waals surface area contributed by atoms with Crippen molar-refractivity contribution in [3.63, 3.8) is 0 Å². The molecule has 15 heteroatoms. The molecule has 2 aliphatic heterocycles. The Labute approximate surface area is 261 Å². The maximum Gasteiger partial charge on any atom is 0.247 e. The number of rotatable bonds is 9. The number of benzene rings is 2. The number of amides is 1. The number of nitrogens with one attached hydrogen (secondary N) is 1. The number of halogens is 3. The third-order valence-corrected chi connectivity index (χ3v) is 7.99. The zero-order chi connectivity index (χ0) is 32.4. The summed E-state index contributed by atoms with van der Waals surface area (Å²) in [6.07, 6.45) is -11.4. The van der Waals surface area contributed by atoms with Gasteiger partial charge in [0, 0.05) is 10.6 Å². The number of ether oxygens (including phenoxy) is 4. The van der Waals surface area contributed by atoms with E-state index in [1.54, 1.807) is 24.3 Å². The first-order valence-corrected chi connectivity index (χ1v) is 14.4. The van der Waals surface area contributed by atoms with Gasteiger partial charge < -0.3 is 49.5 Å². The van der Waals surface area contributed by atoms with Crippen molar-refractivity contribution in [2.75, 3.05) is 6.79 Å². The van der Waals surface area contributed by atoms with Crippen LogP contribution in [0.4, 0.5) is 8.78 Å². The Morgan fingerprint density at radius 2 is 1.80 bits per heavy atom. The largest absolute Gasteiger partial charge is 0.459 e. The molecule has 3 aliphatic rings. The molecule has 12 nitrogen and oxygen atoms in total. The number of aliphatic hydroxyl groups excluding tert-OH is 4. The summed E-state index contributed by atoms with van der Waals surface area (Å²) in [5.74, 6) is -1.96. The summed E-state index contributed by atoms with van der Waals surface area (Å²) in [4.78, 5) is 18.1. The summed E-state index contributed by atoms with van der Waals surface area (Å²) in [5, 5.41) is 48.5. The summed E-state index contributed by atoms with van der Waals surface area (Å²) in [7, 11) is 0. The minimum atomic E-state index is -2.03. The Kier molecular flexibility index (Phi) is 10.4. The molecule has 3 fully saturated rings. The van der Waals surface area contributed by atoms with Gasteiger partial charge in [-0.2, -0.15) is 0 Å². The molecule has 0 spiro atoms. The molecule has 5 rings (SSSR count). The van der Waals surface area contributed by atoms with Crippen LogP contribution in [-0.2, 0) is 30.4 Å². The smallest absolute Gasteiger partial charge is 0.247 e. The molecule has 2 aromatic carbocycles. The van der Waals surface area contributed by atoms with E-state index in [9.17, 15) is 34.0 Å². The van der Waals surface area contributed by atoms with Gasteiger partial charge in [-0.1, -0.05) is 35.0 Å². The molecule has 0 aromatic heterocycles. The number of fused-ring (bicyclic) bond motifs is 1. The fraction of sp³-hybridized carbons (Fsp3) is 0.467. The SMILES string of the molecule is CC(=Cc1ccc(O[C@@H]2O[C@H](C(C)=NOCc3cccc(Cl)c3)[C@@H](O)[C@@H]2F)c(F)c1)C(=O)N[C@@H]1[C@H](O)[C@@H](O)[C@H]2OCO[C@H]2[C@@H]1O. The molecule has 1 aliphatic carbocycles. The van der Waals surface area contributed by atoms with Crippen molar-refractivity contribution in [3.8, 4) is 5.75 Å². The van der Waals surface area contributed by atoms with Gasteiger partial charge in [0.15, 0.2) is 17.7 Å². The lowest BCUT2D eigenvalue weighted by molar-refractivity contribution is -0.155. The van der Waals surface area contributed by atoms with Crippen LogP contribution in [0.1, 0.15) is 25.0 Å². The zero-order valence-electron chi connectivity index (χ0n) is 24.1. The third kappa shape index (κ3) is 7.28. The Balaban J connectivity index is 1.18. The first-order valence-electron chi connectivity index (χ1n) is 14.1. The van der Waals surface area contributed by atoms with Crippen molar-refractivity contribution in [2.45, 2.75) is 81.7 Å². The minimum absolute atomic E-state index is 0.0751. The van der Waals surface area contributed by atoms with Crippen LogP contribution in [0.3, 0.4) is 0 Å². The molecular formula is C30H33ClF2N2O10. The number of aliphatic hydroxyl groups is 4. The summed E-state index contributed by atoms with van der Waals surface area (Å²) >= 11 is 5.95. The molecular weight excluding hydrogens is 622 g/mol. The molecule has 5 N–H and O–H groups in total. The van der Waals surface area contributed by atoms with Crippen molar-refractivity contribution in [1.29, 1.82) is 0 Å². The highest BCUT2D eigenvalue weighted by molar-refractivity contribution is 6.30. The number of hydrogen-bond donors (Lipinski definition) is 5. The van der Waals surface area contributed by atoms with Crippen molar-refractivity contribution in [1.82, 2.24) is 5.32 Å². The highest BCUT2D eigenvalue weighted by Gasteiger charge is 2.53. The third-order valence-electron chi connectivity index (χ3n) is 7.76. The predicted octanol–water partition coefficient (Wildman–Crippen LogP) is 1.60. The van der Waals surface area contributed by atoms with Gasteiger partial charge in [-0.05, 0) is 55.3 Å². The second-order valence-corrected chi connectivity index (χ2v) is 11.4. The summed E-state index contributed by atoms with van der Waals surface area (Å²) < 4.78 is 51.2. The zero-order valence-corrected chi connectivity index (χ0v) is 24.9. The number of carbonyl (C=O) groups is 1. The molecule has 0 bridgehead atoms. The molecule has 10 atom stereocenters. The maximum absolute atomic E-state index is 15.0. The molecule has 2 aromatic rings. The normalized spacial score (nSPS) is 33.5. The molecule has 0 unspecified atom stereocenters. The highest BCUT2D eigenvalue weighted by atomic mass is 35.5. The van der Waals surface area contributed by atoms with E-state index in [1.807, 2.05) is 0 Å². The van der Waals surface area contributed by atoms with Gasteiger partial charge in [0.25, 0.3) is 0 Å². The van der Waals surface area contributed by atoms with Crippen molar-refractivity contribution < 1.29 is 57.8 Å². The van der Waals surface area contributed by atoms with Crippen LogP contribution < -0.4 is 10.1 Å². The summed E-state index contributed by atoms with van der Waals surface area (Å²) in [6, 6.07) is 9.32. The lowest BCUT2D eigenvalue weighted by Crippen LogP contribution is -2.67. The first-order chi connectivity index (χ1) is 21.4. The Morgan fingerprint density at radius 3 is 2.51 bits per heavy atom. The molecule has 244 valence electrons. The number of nitrogens with zero attached hydrogens (tertiary/aromatic N) is 1. The standard InChI is InChI=1S/C30H33ClF2N2O10/c1-13(29(40)34-21-23(37)25(39)28-27(24(21)38)41-12-42-28)8-15-6-7-19(18(32)10-15)44-30-20(33)22(36)26(45-30)14(2)35-43-11-16-4-3-5-17(31)9-16/h3-10,20-28,30,36-39H,11-12H2,1-2H3,(H,34,40)/t20-,21+,22-,23-,24+,25+,26+,27-,28+,30+/m0/s1. The van der Waals surface area contributed by atoms with Crippen LogP contribution in [-0.4, -0.2) is 100 Å². The molecule has 0 radical (unpaired) electrons. The van der Waals surface area contributed by atoms with E-state index in [4.69, 9.17) is 35.4 Å². The van der Waals surface area contributed by atoms with E-state index in [0.717, 1.165) is 11.6 Å². The van der Waals surface area contributed by atoms with Crippen LogP contribution >= 0.6 is 11.6 Å². The van der Waals surface area contributed by atoms with E-state index in [0.29, 0.717) is 5.02 Å². The monoisotopic (exact) mass is 654 g/mol. The Hall–Kier alpha value is -3.21. The predicted molar refractivity (Wildman–Crippen MR) is 154 cm³/mol. The van der Waals surface area contributed by atoms with Crippen molar-refractivity contribution in [2.24, 2.45) is 5.16 Å². The Morgan fingerprint density at radius 1 is 1.07 bits per heavy atom. The minimum Gasteiger partial charge on any atom is -0.459 e. The van der Waals surface area contributed by atoms with Gasteiger partial charge in [0.05, 0.1) is 11.8 Å². The second-order valence-electron chi connectivity index (χ2n) is 11.0. The number of alkyl halides is 1. The van der Waals surface area contributed by atoms with Crippen molar-refractivity contribution >= 4 is 29.3 Å². The number of carbonyl (C=O) groups excluding carboxylic acids is 1.